The van der Waals surface area contributed by atoms with Crippen LogP contribution >= 0.6 is 0 Å². The van der Waals surface area contributed by atoms with Gasteiger partial charge in [-0.1, -0.05) is 17.1 Å². The fourth-order valence-corrected chi connectivity index (χ4v) is 2.78. The highest BCUT2D eigenvalue weighted by atomic mass is 16.5. The highest BCUT2D eigenvalue weighted by Gasteiger charge is 2.16. The Hall–Kier alpha value is -2.23. The quantitative estimate of drug-likeness (QED) is 0.806. The first-order chi connectivity index (χ1) is 11.8. The van der Waals surface area contributed by atoms with Gasteiger partial charge in [0.25, 0.3) is 0 Å². The van der Waals surface area contributed by atoms with E-state index >= 15 is 0 Å². The van der Waals surface area contributed by atoms with Crippen molar-refractivity contribution in [2.45, 2.75) is 38.8 Å². The molecule has 3 heterocycles. The minimum atomic E-state index is 0.237. The minimum absolute atomic E-state index is 0.237. The van der Waals surface area contributed by atoms with Gasteiger partial charge in [-0.3, -0.25) is 4.98 Å². The molecule has 0 aromatic carbocycles. The zero-order valence-electron chi connectivity index (χ0n) is 14.2. The van der Waals surface area contributed by atoms with Gasteiger partial charge in [0.2, 0.25) is 0 Å². The molecule has 2 aromatic rings. The van der Waals surface area contributed by atoms with Crippen LogP contribution in [0.15, 0.2) is 18.5 Å². The average Bonchev–Trinajstić information content (AvgIpc) is 3.04. The van der Waals surface area contributed by atoms with Crippen LogP contribution in [0.3, 0.4) is 0 Å². The maximum absolute atomic E-state index is 5.75. The lowest BCUT2D eigenvalue weighted by molar-refractivity contribution is 0.00370. The summed E-state index contributed by atoms with van der Waals surface area (Å²) in [5.74, 6) is 5.96. The van der Waals surface area contributed by atoms with Gasteiger partial charge in [0.1, 0.15) is 12.3 Å². The summed E-state index contributed by atoms with van der Waals surface area (Å²) in [5, 5.41) is 8.47. The molecule has 126 valence electrons. The van der Waals surface area contributed by atoms with Gasteiger partial charge in [0.05, 0.1) is 24.5 Å². The molecular formula is C18H22N4O2. The number of ether oxygens (including phenoxy) is 2. The molecule has 0 spiro atoms. The molecule has 0 unspecified atom stereocenters. The molecule has 0 amide bonds. The van der Waals surface area contributed by atoms with Crippen LogP contribution in [0.4, 0.5) is 0 Å². The number of hydrogen-bond acceptors (Lipinski definition) is 5. The highest BCUT2D eigenvalue weighted by Crippen LogP contribution is 2.20. The predicted octanol–water partition coefficient (Wildman–Crippen LogP) is 2.22. The van der Waals surface area contributed by atoms with Crippen molar-refractivity contribution in [3.05, 3.63) is 29.6 Å². The lowest BCUT2D eigenvalue weighted by atomic mass is 10.1. The maximum atomic E-state index is 5.75. The van der Waals surface area contributed by atoms with Gasteiger partial charge in [0.15, 0.2) is 0 Å². The van der Waals surface area contributed by atoms with Crippen molar-refractivity contribution in [2.75, 3.05) is 20.3 Å². The molecule has 0 radical (unpaired) electrons. The van der Waals surface area contributed by atoms with Crippen molar-refractivity contribution in [2.24, 2.45) is 0 Å². The van der Waals surface area contributed by atoms with Crippen molar-refractivity contribution < 1.29 is 9.47 Å². The number of hydrogen-bond donors (Lipinski definition) is 0. The zero-order valence-corrected chi connectivity index (χ0v) is 14.2. The van der Waals surface area contributed by atoms with Crippen molar-refractivity contribution in [1.82, 2.24) is 20.0 Å². The second-order valence-electron chi connectivity index (χ2n) is 5.94. The molecule has 0 bridgehead atoms. The van der Waals surface area contributed by atoms with Gasteiger partial charge in [-0.2, -0.15) is 0 Å². The van der Waals surface area contributed by atoms with Crippen LogP contribution < -0.4 is 0 Å². The number of methoxy groups -OCH3 is 1. The zero-order chi connectivity index (χ0) is 16.8. The van der Waals surface area contributed by atoms with E-state index in [1.807, 2.05) is 23.9 Å². The number of aryl methyl sites for hydroxylation is 1. The van der Waals surface area contributed by atoms with Gasteiger partial charge < -0.3 is 9.47 Å². The first-order valence-corrected chi connectivity index (χ1v) is 8.23. The molecule has 0 saturated carbocycles. The predicted molar refractivity (Wildman–Crippen MR) is 90.3 cm³/mol. The third-order valence-electron chi connectivity index (χ3n) is 3.97. The Bertz CT molecular complexity index is 739. The lowest BCUT2D eigenvalue weighted by Crippen LogP contribution is -2.24. The SMILES string of the molecule is COCC#Cc1cnc(-c2cn(C[C@H]3CCCCO3)nn2)c(C)c1. The van der Waals surface area contributed by atoms with Crippen LogP contribution in [0.5, 0.6) is 0 Å². The summed E-state index contributed by atoms with van der Waals surface area (Å²) in [7, 11) is 1.63. The molecule has 3 rings (SSSR count). The fraction of sp³-hybridized carbons (Fsp3) is 0.500. The van der Waals surface area contributed by atoms with Crippen LogP contribution in [-0.4, -0.2) is 46.4 Å². The van der Waals surface area contributed by atoms with Crippen LogP contribution in [0.1, 0.15) is 30.4 Å². The van der Waals surface area contributed by atoms with Gasteiger partial charge in [0, 0.05) is 25.5 Å². The summed E-state index contributed by atoms with van der Waals surface area (Å²) in [4.78, 5) is 4.50. The molecule has 1 saturated heterocycles. The standard InChI is InChI=1S/C18H22N4O2/c1-14-10-15(6-5-8-23-2)11-19-18(14)17-13-22(21-20-17)12-16-7-3-4-9-24-16/h10-11,13,16H,3-4,7-9,12H2,1-2H3/t16-/m1/s1. The first kappa shape index (κ1) is 16.6. The van der Waals surface area contributed by atoms with Crippen LogP contribution in [0.2, 0.25) is 0 Å². The maximum Gasteiger partial charge on any atom is 0.131 e. The third-order valence-corrected chi connectivity index (χ3v) is 3.97. The van der Waals surface area contributed by atoms with E-state index in [0.717, 1.165) is 48.5 Å². The number of pyridine rings is 1. The summed E-state index contributed by atoms with van der Waals surface area (Å²) in [6, 6.07) is 2.01. The molecule has 6 nitrogen and oxygen atoms in total. The largest absolute Gasteiger partial charge is 0.376 e. The van der Waals surface area contributed by atoms with E-state index in [1.165, 1.54) is 6.42 Å². The summed E-state index contributed by atoms with van der Waals surface area (Å²) in [5.41, 5.74) is 3.51. The molecule has 6 heteroatoms. The number of rotatable bonds is 4. The second-order valence-corrected chi connectivity index (χ2v) is 5.94. The Kier molecular flexibility index (Phi) is 5.57. The smallest absolute Gasteiger partial charge is 0.131 e. The molecule has 1 aliphatic rings. The molecule has 0 aliphatic carbocycles. The van der Waals surface area contributed by atoms with Gasteiger partial charge in [-0.25, -0.2) is 4.68 Å². The van der Waals surface area contributed by atoms with Crippen molar-refractivity contribution in [1.29, 1.82) is 0 Å². The van der Waals surface area contributed by atoms with E-state index < -0.39 is 0 Å². The van der Waals surface area contributed by atoms with Crippen molar-refractivity contribution >= 4 is 0 Å². The van der Waals surface area contributed by atoms with Crippen LogP contribution in [0, 0.1) is 18.8 Å². The Morgan fingerprint density at radius 3 is 3.08 bits per heavy atom. The highest BCUT2D eigenvalue weighted by molar-refractivity contribution is 5.58. The normalized spacial score (nSPS) is 17.3. The summed E-state index contributed by atoms with van der Waals surface area (Å²) in [6.07, 6.45) is 7.39. The Labute approximate surface area is 142 Å². The number of nitrogens with zero attached hydrogens (tertiary/aromatic N) is 4. The summed E-state index contributed by atoms with van der Waals surface area (Å²) >= 11 is 0. The topological polar surface area (TPSA) is 62.1 Å². The summed E-state index contributed by atoms with van der Waals surface area (Å²) in [6.45, 7) is 4.01. The molecule has 1 fully saturated rings. The minimum Gasteiger partial charge on any atom is -0.376 e. The molecule has 2 aromatic heterocycles. The monoisotopic (exact) mass is 326 g/mol. The molecular weight excluding hydrogens is 304 g/mol. The van der Waals surface area contributed by atoms with E-state index in [0.29, 0.717) is 6.61 Å². The third kappa shape index (κ3) is 4.19. The first-order valence-electron chi connectivity index (χ1n) is 8.23. The average molecular weight is 326 g/mol. The lowest BCUT2D eigenvalue weighted by Gasteiger charge is -2.21. The van der Waals surface area contributed by atoms with E-state index in [9.17, 15) is 0 Å². The second kappa shape index (κ2) is 8.04. The van der Waals surface area contributed by atoms with E-state index in [2.05, 4.69) is 27.1 Å². The number of aromatic nitrogens is 4. The Balaban J connectivity index is 1.71. The van der Waals surface area contributed by atoms with Gasteiger partial charge >= 0.3 is 0 Å². The van der Waals surface area contributed by atoms with Crippen LogP contribution in [-0.2, 0) is 16.0 Å². The summed E-state index contributed by atoms with van der Waals surface area (Å²) < 4.78 is 12.5. The van der Waals surface area contributed by atoms with E-state index in [-0.39, 0.29) is 6.10 Å². The molecule has 1 aliphatic heterocycles. The van der Waals surface area contributed by atoms with Crippen LogP contribution in [0.25, 0.3) is 11.4 Å². The van der Waals surface area contributed by atoms with Crippen molar-refractivity contribution in [3.8, 4) is 23.2 Å². The molecule has 1 atom stereocenters. The van der Waals surface area contributed by atoms with E-state index in [4.69, 9.17) is 9.47 Å². The molecule has 0 N–H and O–H groups in total. The van der Waals surface area contributed by atoms with E-state index in [1.54, 1.807) is 13.3 Å². The van der Waals surface area contributed by atoms with Gasteiger partial charge in [-0.15, -0.1) is 5.10 Å². The molecule has 24 heavy (non-hydrogen) atoms. The Morgan fingerprint density at radius 2 is 2.33 bits per heavy atom. The van der Waals surface area contributed by atoms with Crippen molar-refractivity contribution in [3.63, 3.8) is 0 Å². The Morgan fingerprint density at radius 1 is 1.42 bits per heavy atom. The van der Waals surface area contributed by atoms with Gasteiger partial charge in [-0.05, 0) is 37.8 Å². The fourth-order valence-electron chi connectivity index (χ4n) is 2.78.